The molecule has 14 heavy (non-hydrogen) atoms. The van der Waals surface area contributed by atoms with Crippen molar-refractivity contribution in [1.29, 1.82) is 0 Å². The first-order chi connectivity index (χ1) is 6.38. The van der Waals surface area contributed by atoms with E-state index in [2.05, 4.69) is 9.97 Å². The normalized spacial score (nSPS) is 12.9. The third-order valence-corrected chi connectivity index (χ3v) is 2.00. The zero-order chi connectivity index (χ0) is 10.8. The Morgan fingerprint density at radius 3 is 2.43 bits per heavy atom. The van der Waals surface area contributed by atoms with Crippen LogP contribution in [0, 0.1) is 5.82 Å². The maximum atomic E-state index is 12.4. The molecule has 7 heteroatoms. The molecule has 0 saturated heterocycles. The van der Waals surface area contributed by atoms with Crippen molar-refractivity contribution >= 4 is 15.6 Å². The molecule has 0 aliphatic carbocycles. The van der Waals surface area contributed by atoms with E-state index in [1.54, 1.807) is 0 Å². The summed E-state index contributed by atoms with van der Waals surface area (Å²) in [4.78, 5) is 7.18. The van der Waals surface area contributed by atoms with E-state index in [1.165, 1.54) is 6.92 Å². The van der Waals surface area contributed by atoms with Crippen LogP contribution in [0.2, 0.25) is 0 Å². The van der Waals surface area contributed by atoms with Crippen LogP contribution in [0.1, 0.15) is 12.7 Å². The van der Waals surface area contributed by atoms with E-state index in [0.29, 0.717) is 0 Å². The smallest absolute Gasteiger partial charge is 0.231 e. The van der Waals surface area contributed by atoms with Gasteiger partial charge in [-0.05, 0) is 6.92 Å². The number of halogens is 1. The van der Waals surface area contributed by atoms with Gasteiger partial charge in [-0.1, -0.05) is 0 Å². The third kappa shape index (κ3) is 3.19. The van der Waals surface area contributed by atoms with Crippen molar-refractivity contribution in [3.8, 4) is 0 Å². The van der Waals surface area contributed by atoms with Crippen molar-refractivity contribution in [2.45, 2.75) is 6.92 Å². The van der Waals surface area contributed by atoms with E-state index in [1.807, 2.05) is 0 Å². The van der Waals surface area contributed by atoms with Gasteiger partial charge >= 0.3 is 0 Å². The molecule has 1 aromatic heterocycles. The zero-order valence-corrected chi connectivity index (χ0v) is 8.12. The molecular weight excluding hydrogens is 209 g/mol. The van der Waals surface area contributed by atoms with Crippen LogP contribution in [0.5, 0.6) is 0 Å². The van der Waals surface area contributed by atoms with Gasteiger partial charge in [0.2, 0.25) is 10.0 Å². The minimum Gasteiger partial charge on any atom is -0.234 e. The van der Waals surface area contributed by atoms with Gasteiger partial charge in [0.05, 0.1) is 17.8 Å². The number of nitrogens with zero attached hydrogens (tertiary/aromatic N) is 2. The molecule has 0 aromatic carbocycles. The number of hydrogen-bond donors (Lipinski definition) is 1. The summed E-state index contributed by atoms with van der Waals surface area (Å²) < 4.78 is 33.7. The van der Waals surface area contributed by atoms with Crippen LogP contribution in [-0.4, -0.2) is 18.4 Å². The average molecular weight is 217 g/mol. The number of sulfonamides is 1. The molecule has 0 aliphatic heterocycles. The molecule has 0 saturated carbocycles. The lowest BCUT2D eigenvalue weighted by atomic mass is 10.3. The van der Waals surface area contributed by atoms with Crippen molar-refractivity contribution in [3.05, 3.63) is 29.4 Å². The highest BCUT2D eigenvalue weighted by Gasteiger charge is 2.03. The van der Waals surface area contributed by atoms with Crippen LogP contribution in [0.4, 0.5) is 4.39 Å². The summed E-state index contributed by atoms with van der Waals surface area (Å²) >= 11 is 0. The third-order valence-electron chi connectivity index (χ3n) is 1.31. The van der Waals surface area contributed by atoms with E-state index >= 15 is 0 Å². The molecule has 0 bridgehead atoms. The van der Waals surface area contributed by atoms with Gasteiger partial charge in [0.1, 0.15) is 0 Å². The largest absolute Gasteiger partial charge is 0.234 e. The molecule has 5 nitrogen and oxygen atoms in total. The summed E-state index contributed by atoms with van der Waals surface area (Å²) in [7, 11) is -3.72. The maximum Gasteiger partial charge on any atom is 0.231 e. The molecule has 76 valence electrons. The van der Waals surface area contributed by atoms with E-state index in [0.717, 1.165) is 17.8 Å². The van der Waals surface area contributed by atoms with Gasteiger partial charge in [-0.3, -0.25) is 0 Å². The Labute approximate surface area is 80.5 Å². The molecule has 1 aromatic rings. The Kier molecular flexibility index (Phi) is 2.92. The summed E-state index contributed by atoms with van der Waals surface area (Å²) in [5.74, 6) is -0.461. The summed E-state index contributed by atoms with van der Waals surface area (Å²) in [6, 6.07) is 0. The highest BCUT2D eigenvalue weighted by Crippen LogP contribution is 2.08. The molecule has 0 aliphatic rings. The highest BCUT2D eigenvalue weighted by molar-refractivity contribution is 7.92. The van der Waals surface area contributed by atoms with Crippen LogP contribution in [0.15, 0.2) is 17.8 Å². The van der Waals surface area contributed by atoms with Crippen LogP contribution < -0.4 is 5.14 Å². The van der Waals surface area contributed by atoms with E-state index in [-0.39, 0.29) is 11.4 Å². The Morgan fingerprint density at radius 2 is 2.00 bits per heavy atom. The second kappa shape index (κ2) is 3.81. The van der Waals surface area contributed by atoms with Crippen LogP contribution in [0.25, 0.3) is 5.57 Å². The first-order valence-corrected chi connectivity index (χ1v) is 5.18. The molecule has 0 unspecified atom stereocenters. The molecule has 0 spiro atoms. The number of aromatic nitrogens is 2. The summed E-state index contributed by atoms with van der Waals surface area (Å²) in [5.41, 5.74) is 0.257. The zero-order valence-electron chi connectivity index (χ0n) is 7.31. The van der Waals surface area contributed by atoms with Gasteiger partial charge in [-0.15, -0.1) is 0 Å². The summed E-state index contributed by atoms with van der Waals surface area (Å²) in [5, 5.41) is 5.59. The van der Waals surface area contributed by atoms with Crippen LogP contribution >= 0.6 is 0 Å². The fourth-order valence-electron chi connectivity index (χ4n) is 0.815. The fourth-order valence-corrected chi connectivity index (χ4v) is 1.41. The number of hydrogen-bond acceptors (Lipinski definition) is 4. The molecule has 0 radical (unpaired) electrons. The number of rotatable bonds is 2. The van der Waals surface area contributed by atoms with E-state index < -0.39 is 15.8 Å². The van der Waals surface area contributed by atoms with Crippen molar-refractivity contribution in [3.63, 3.8) is 0 Å². The van der Waals surface area contributed by atoms with Crippen molar-refractivity contribution in [2.24, 2.45) is 5.14 Å². The van der Waals surface area contributed by atoms with Gasteiger partial charge in [0.25, 0.3) is 0 Å². The van der Waals surface area contributed by atoms with Crippen molar-refractivity contribution in [2.75, 3.05) is 0 Å². The standard InChI is InChI=1S/C7H8FN3O2S/c1-5(4-14(9,12)13)7-10-2-6(8)3-11-7/h2-4H,1H3,(H2,9,12,13). The number of nitrogens with two attached hydrogens (primary N) is 1. The predicted molar refractivity (Wildman–Crippen MR) is 48.7 cm³/mol. The van der Waals surface area contributed by atoms with Gasteiger partial charge < -0.3 is 0 Å². The fraction of sp³-hybridized carbons (Fsp3) is 0.143. The van der Waals surface area contributed by atoms with Crippen LogP contribution in [0.3, 0.4) is 0 Å². The van der Waals surface area contributed by atoms with Crippen molar-refractivity contribution < 1.29 is 12.8 Å². The summed E-state index contributed by atoms with van der Waals surface area (Å²) in [6.07, 6.45) is 1.89. The number of primary sulfonamides is 1. The average Bonchev–Trinajstić information content (AvgIpc) is 2.02. The molecule has 2 N–H and O–H groups in total. The lowest BCUT2D eigenvalue weighted by Gasteiger charge is -1.97. The molecule has 1 heterocycles. The van der Waals surface area contributed by atoms with Crippen LogP contribution in [-0.2, 0) is 10.0 Å². The summed E-state index contributed by atoms with van der Waals surface area (Å²) in [6.45, 7) is 1.47. The highest BCUT2D eigenvalue weighted by atomic mass is 32.2. The Bertz CT molecular complexity index is 452. The van der Waals surface area contributed by atoms with Crippen molar-refractivity contribution in [1.82, 2.24) is 9.97 Å². The first-order valence-electron chi connectivity index (χ1n) is 3.57. The predicted octanol–water partition coefficient (Wildman–Crippen LogP) is 0.265. The maximum absolute atomic E-state index is 12.4. The monoisotopic (exact) mass is 217 g/mol. The molecule has 1 rings (SSSR count). The second-order valence-electron chi connectivity index (χ2n) is 2.61. The molecule has 0 fully saturated rings. The molecule has 0 atom stereocenters. The Hall–Kier alpha value is -1.34. The van der Waals surface area contributed by atoms with Gasteiger partial charge in [-0.2, -0.15) is 0 Å². The Morgan fingerprint density at radius 1 is 1.50 bits per heavy atom. The van der Waals surface area contributed by atoms with E-state index in [9.17, 15) is 12.8 Å². The van der Waals surface area contributed by atoms with E-state index in [4.69, 9.17) is 5.14 Å². The molecular formula is C7H8FN3O2S. The van der Waals surface area contributed by atoms with Gasteiger partial charge in [0.15, 0.2) is 11.6 Å². The lowest BCUT2D eigenvalue weighted by Crippen LogP contribution is -2.08. The minimum atomic E-state index is -3.72. The first kappa shape index (κ1) is 10.7. The lowest BCUT2D eigenvalue weighted by molar-refractivity contribution is 0.606. The topological polar surface area (TPSA) is 85.9 Å². The Balaban J connectivity index is 3.07. The quantitative estimate of drug-likeness (QED) is 0.770. The van der Waals surface area contributed by atoms with Gasteiger partial charge in [-0.25, -0.2) is 27.9 Å². The second-order valence-corrected chi connectivity index (χ2v) is 4.03. The molecule has 0 amide bonds. The van der Waals surface area contributed by atoms with Gasteiger partial charge in [0, 0.05) is 5.57 Å². The SMILES string of the molecule is CC(=CS(N)(=O)=O)c1ncc(F)cn1. The minimum absolute atomic E-state index is 0.125. The number of allylic oxidation sites excluding steroid dienone is 1.